The average Bonchev–Trinajstić information content (AvgIpc) is 3.05. The van der Waals surface area contributed by atoms with E-state index >= 15 is 0 Å². The average molecular weight is 344 g/mol. The molecular weight excluding hydrogens is 328 g/mol. The van der Waals surface area contributed by atoms with Gasteiger partial charge in [0.05, 0.1) is 10.6 Å². The van der Waals surface area contributed by atoms with E-state index in [4.69, 9.17) is 0 Å². The number of nitrogens with zero attached hydrogens (tertiary/aromatic N) is 1. The van der Waals surface area contributed by atoms with Gasteiger partial charge in [-0.15, -0.1) is 22.7 Å². The van der Waals surface area contributed by atoms with Crippen molar-refractivity contribution in [1.82, 2.24) is 4.98 Å². The quantitative estimate of drug-likeness (QED) is 0.902. The minimum absolute atomic E-state index is 0.0590. The van der Waals surface area contributed by atoms with Gasteiger partial charge in [0.2, 0.25) is 0 Å². The highest BCUT2D eigenvalue weighted by atomic mass is 32.2. The van der Waals surface area contributed by atoms with Crippen molar-refractivity contribution in [3.8, 4) is 0 Å². The summed E-state index contributed by atoms with van der Waals surface area (Å²) in [6.07, 6.45) is 2.07. The van der Waals surface area contributed by atoms with E-state index < -0.39 is 15.7 Å². The molecule has 2 aromatic heterocycles. The van der Waals surface area contributed by atoms with Gasteiger partial charge in [0.25, 0.3) is 5.91 Å². The van der Waals surface area contributed by atoms with Gasteiger partial charge in [-0.05, 0) is 23.8 Å². The van der Waals surface area contributed by atoms with Crippen LogP contribution in [0.4, 0.5) is 5.13 Å². The number of amides is 1. The predicted octanol–water partition coefficient (Wildman–Crippen LogP) is 3.37. The minimum atomic E-state index is -3.41. The van der Waals surface area contributed by atoms with Gasteiger partial charge in [-0.3, -0.25) is 10.1 Å². The van der Waals surface area contributed by atoms with E-state index in [1.54, 1.807) is 5.38 Å². The summed E-state index contributed by atoms with van der Waals surface area (Å²) in [5, 5.41) is 6.67. The van der Waals surface area contributed by atoms with Crippen molar-refractivity contribution in [3.63, 3.8) is 0 Å². The molecule has 0 bridgehead atoms. The van der Waals surface area contributed by atoms with Gasteiger partial charge < -0.3 is 0 Å². The maximum absolute atomic E-state index is 12.2. The zero-order valence-corrected chi connectivity index (χ0v) is 14.4. The highest BCUT2D eigenvalue weighted by Crippen LogP contribution is 2.26. The van der Waals surface area contributed by atoms with Gasteiger partial charge in [-0.1, -0.05) is 13.8 Å². The Bertz CT molecular complexity index is 746. The summed E-state index contributed by atoms with van der Waals surface area (Å²) in [4.78, 5) is 16.8. The molecule has 0 saturated carbocycles. The van der Waals surface area contributed by atoms with Crippen molar-refractivity contribution in [1.29, 1.82) is 0 Å². The summed E-state index contributed by atoms with van der Waals surface area (Å²) in [5.74, 6) is -0.101. The number of sulfone groups is 1. The fourth-order valence-electron chi connectivity index (χ4n) is 1.69. The number of carbonyl (C=O) groups is 1. The second-order valence-electron chi connectivity index (χ2n) is 4.73. The zero-order chi connectivity index (χ0) is 15.6. The third-order valence-corrected chi connectivity index (χ3v) is 6.05. The number of thiophene rings is 1. The first kappa shape index (κ1) is 16.1. The molecule has 0 fully saturated rings. The molecule has 21 heavy (non-hydrogen) atoms. The van der Waals surface area contributed by atoms with Crippen LogP contribution in [-0.4, -0.2) is 25.6 Å². The molecule has 0 unspecified atom stereocenters. The Morgan fingerprint density at radius 3 is 2.76 bits per heavy atom. The smallest absolute Gasteiger partial charge is 0.268 e. The SMILES string of the molecule is CC[C@H](C)c1csc(NC(=O)c2sccc2S(C)(=O)=O)n1. The van der Waals surface area contributed by atoms with Crippen LogP contribution in [0.1, 0.15) is 41.6 Å². The second kappa shape index (κ2) is 6.25. The van der Waals surface area contributed by atoms with Gasteiger partial charge in [0.15, 0.2) is 15.0 Å². The third kappa shape index (κ3) is 3.69. The van der Waals surface area contributed by atoms with Crippen LogP contribution >= 0.6 is 22.7 Å². The highest BCUT2D eigenvalue weighted by molar-refractivity contribution is 7.91. The van der Waals surface area contributed by atoms with E-state index in [-0.39, 0.29) is 9.77 Å². The summed E-state index contributed by atoms with van der Waals surface area (Å²) in [6.45, 7) is 4.15. The molecule has 114 valence electrons. The molecule has 0 spiro atoms. The monoisotopic (exact) mass is 344 g/mol. The number of carbonyl (C=O) groups excluding carboxylic acids is 1. The van der Waals surface area contributed by atoms with E-state index in [9.17, 15) is 13.2 Å². The molecule has 8 heteroatoms. The Morgan fingerprint density at radius 1 is 1.43 bits per heavy atom. The normalized spacial score (nSPS) is 13.1. The summed E-state index contributed by atoms with van der Waals surface area (Å²) in [6, 6.07) is 1.45. The topological polar surface area (TPSA) is 76.1 Å². The van der Waals surface area contributed by atoms with Crippen molar-refractivity contribution >= 4 is 43.5 Å². The van der Waals surface area contributed by atoms with E-state index in [2.05, 4.69) is 24.1 Å². The lowest BCUT2D eigenvalue weighted by Gasteiger charge is -2.04. The first-order valence-corrected chi connectivity index (χ1v) is 10.0. The number of rotatable bonds is 5. The van der Waals surface area contributed by atoms with Gasteiger partial charge in [0, 0.05) is 11.6 Å². The number of thiazole rings is 1. The molecule has 1 amide bonds. The lowest BCUT2D eigenvalue weighted by atomic mass is 10.1. The Hall–Kier alpha value is -1.25. The summed E-state index contributed by atoms with van der Waals surface area (Å²) < 4.78 is 23.2. The molecule has 5 nitrogen and oxygen atoms in total. The fourth-order valence-corrected chi connectivity index (χ4v) is 4.63. The molecule has 0 saturated heterocycles. The Kier molecular flexibility index (Phi) is 4.80. The van der Waals surface area contributed by atoms with Crippen LogP contribution in [0.3, 0.4) is 0 Å². The first-order valence-electron chi connectivity index (χ1n) is 6.37. The molecule has 0 aliphatic rings. The second-order valence-corrected chi connectivity index (χ2v) is 8.49. The van der Waals surface area contributed by atoms with Crippen molar-refractivity contribution in [2.24, 2.45) is 0 Å². The lowest BCUT2D eigenvalue weighted by molar-refractivity contribution is 0.102. The van der Waals surface area contributed by atoms with Crippen LogP contribution in [0.15, 0.2) is 21.7 Å². The van der Waals surface area contributed by atoms with Crippen LogP contribution in [0.25, 0.3) is 0 Å². The van der Waals surface area contributed by atoms with Crippen LogP contribution in [0.5, 0.6) is 0 Å². The van der Waals surface area contributed by atoms with Crippen LogP contribution < -0.4 is 5.32 Å². The molecule has 2 aromatic rings. The fraction of sp³-hybridized carbons (Fsp3) is 0.385. The standard InChI is InChI=1S/C13H16N2O3S3/c1-4-8(2)9-7-20-13(14-9)15-12(16)11-10(5-6-19-11)21(3,17)18/h5-8H,4H2,1-3H3,(H,14,15,16)/t8-/m0/s1. The molecule has 0 aliphatic heterocycles. The number of nitrogens with one attached hydrogen (secondary N) is 1. The number of anilines is 1. The molecule has 1 atom stereocenters. The molecule has 2 rings (SSSR count). The van der Waals surface area contributed by atoms with E-state index in [1.165, 1.54) is 17.4 Å². The maximum Gasteiger partial charge on any atom is 0.268 e. The first-order chi connectivity index (χ1) is 9.82. The number of aromatic nitrogens is 1. The van der Waals surface area contributed by atoms with Gasteiger partial charge in [-0.2, -0.15) is 0 Å². The third-order valence-electron chi connectivity index (χ3n) is 3.09. The summed E-state index contributed by atoms with van der Waals surface area (Å²) in [5.41, 5.74) is 0.937. The number of hydrogen-bond acceptors (Lipinski definition) is 6. The molecule has 2 heterocycles. The van der Waals surface area contributed by atoms with Gasteiger partial charge in [-0.25, -0.2) is 13.4 Å². The van der Waals surface area contributed by atoms with E-state index in [0.29, 0.717) is 11.0 Å². The summed E-state index contributed by atoms with van der Waals surface area (Å²) >= 11 is 2.45. The number of hydrogen-bond donors (Lipinski definition) is 1. The zero-order valence-electron chi connectivity index (χ0n) is 11.9. The Balaban J connectivity index is 2.19. The lowest BCUT2D eigenvalue weighted by Crippen LogP contribution is -2.13. The summed E-state index contributed by atoms with van der Waals surface area (Å²) in [7, 11) is -3.41. The largest absolute Gasteiger partial charge is 0.297 e. The van der Waals surface area contributed by atoms with E-state index in [1.807, 2.05) is 5.38 Å². The van der Waals surface area contributed by atoms with Crippen molar-refractivity contribution < 1.29 is 13.2 Å². The Morgan fingerprint density at radius 2 is 2.14 bits per heavy atom. The highest BCUT2D eigenvalue weighted by Gasteiger charge is 2.21. The molecule has 0 radical (unpaired) electrons. The van der Waals surface area contributed by atoms with E-state index in [0.717, 1.165) is 29.7 Å². The van der Waals surface area contributed by atoms with Crippen LogP contribution in [0.2, 0.25) is 0 Å². The van der Waals surface area contributed by atoms with Crippen LogP contribution in [0, 0.1) is 0 Å². The molecule has 0 aromatic carbocycles. The van der Waals surface area contributed by atoms with Crippen molar-refractivity contribution in [2.45, 2.75) is 31.1 Å². The predicted molar refractivity (Wildman–Crippen MR) is 86.2 cm³/mol. The van der Waals surface area contributed by atoms with Crippen molar-refractivity contribution in [3.05, 3.63) is 27.4 Å². The van der Waals surface area contributed by atoms with Crippen LogP contribution in [-0.2, 0) is 9.84 Å². The Labute approximate surface area is 132 Å². The molecule has 0 aliphatic carbocycles. The van der Waals surface area contributed by atoms with Gasteiger partial charge in [0.1, 0.15) is 4.88 Å². The maximum atomic E-state index is 12.2. The molecular formula is C13H16N2O3S3. The minimum Gasteiger partial charge on any atom is -0.297 e. The van der Waals surface area contributed by atoms with Gasteiger partial charge >= 0.3 is 0 Å². The van der Waals surface area contributed by atoms with Crippen molar-refractivity contribution in [2.75, 3.05) is 11.6 Å². The molecule has 1 N–H and O–H groups in total.